The summed E-state index contributed by atoms with van der Waals surface area (Å²) in [5.41, 5.74) is 1.99. The number of nitrogens with one attached hydrogen (secondary N) is 1. The van der Waals surface area contributed by atoms with Crippen molar-refractivity contribution in [3.63, 3.8) is 0 Å². The second kappa shape index (κ2) is 8.94. The molecule has 1 amide bonds. The highest BCUT2D eigenvalue weighted by atomic mass is 79.9. The quantitative estimate of drug-likeness (QED) is 0.338. The van der Waals surface area contributed by atoms with Gasteiger partial charge in [-0.2, -0.15) is 4.98 Å². The van der Waals surface area contributed by atoms with Crippen LogP contribution < -0.4 is 10.1 Å². The third-order valence-corrected chi connectivity index (χ3v) is 5.71. The van der Waals surface area contributed by atoms with Crippen LogP contribution in [-0.4, -0.2) is 27.1 Å². The van der Waals surface area contributed by atoms with Gasteiger partial charge < -0.3 is 4.74 Å². The van der Waals surface area contributed by atoms with Gasteiger partial charge in [-0.15, -0.1) is 16.4 Å². The van der Waals surface area contributed by atoms with Crippen molar-refractivity contribution in [2.75, 3.05) is 11.9 Å². The largest absolute Gasteiger partial charge is 0.492 e. The van der Waals surface area contributed by atoms with E-state index in [9.17, 15) is 4.79 Å². The molecule has 0 aliphatic rings. The fraction of sp³-hybridized carbons (Fsp3) is 0.150. The van der Waals surface area contributed by atoms with E-state index in [1.165, 1.54) is 11.3 Å². The van der Waals surface area contributed by atoms with E-state index in [4.69, 9.17) is 16.3 Å². The molecule has 148 valence electrons. The molecule has 0 radical (unpaired) electrons. The predicted octanol–water partition coefficient (Wildman–Crippen LogP) is 5.67. The first-order valence-corrected chi connectivity index (χ1v) is 10.9. The van der Waals surface area contributed by atoms with Crippen LogP contribution in [0, 0.1) is 0 Å². The second-order valence-electron chi connectivity index (χ2n) is 6.19. The highest BCUT2D eigenvalue weighted by Gasteiger charge is 2.13. The maximum atomic E-state index is 12.2. The molecule has 0 saturated carbocycles. The molecule has 0 bridgehead atoms. The van der Waals surface area contributed by atoms with Gasteiger partial charge in [-0.3, -0.25) is 10.1 Å². The molecule has 2 aromatic carbocycles. The summed E-state index contributed by atoms with van der Waals surface area (Å²) in [4.78, 5) is 17.3. The number of amides is 1. The summed E-state index contributed by atoms with van der Waals surface area (Å²) in [6.07, 6.45) is 0.849. The first kappa shape index (κ1) is 19.9. The van der Waals surface area contributed by atoms with Crippen LogP contribution in [0.15, 0.2) is 58.4 Å². The van der Waals surface area contributed by atoms with E-state index >= 15 is 0 Å². The number of rotatable bonds is 7. The standard InChI is InChI=1S/C20H16BrClN4O2S/c21-14-8-9-17(15(22)11-14)28-10-4-7-18(27)23-19-24-20-26(25-19)16(12-29-20)13-5-2-1-3-6-13/h1-3,5-6,8-9,11-12H,4,7,10H2,(H,23,25,27). The van der Waals surface area contributed by atoms with Gasteiger partial charge in [-0.25, -0.2) is 4.52 Å². The second-order valence-corrected chi connectivity index (χ2v) is 8.35. The summed E-state index contributed by atoms with van der Waals surface area (Å²) in [6, 6.07) is 15.4. The number of carbonyl (C=O) groups excluding carboxylic acids is 1. The molecule has 0 saturated heterocycles. The Hall–Kier alpha value is -2.42. The van der Waals surface area contributed by atoms with Crippen LogP contribution in [0.2, 0.25) is 5.02 Å². The summed E-state index contributed by atoms with van der Waals surface area (Å²) in [6.45, 7) is 0.388. The maximum Gasteiger partial charge on any atom is 0.250 e. The van der Waals surface area contributed by atoms with Gasteiger partial charge in [0.05, 0.1) is 17.3 Å². The normalized spacial score (nSPS) is 11.0. The Morgan fingerprint density at radius 1 is 1.24 bits per heavy atom. The zero-order valence-corrected chi connectivity index (χ0v) is 18.3. The molecule has 0 spiro atoms. The molecule has 1 N–H and O–H groups in total. The molecular weight excluding hydrogens is 476 g/mol. The van der Waals surface area contributed by atoms with E-state index in [1.54, 1.807) is 16.6 Å². The van der Waals surface area contributed by atoms with Gasteiger partial charge in [0.2, 0.25) is 16.8 Å². The van der Waals surface area contributed by atoms with Crippen molar-refractivity contribution in [1.29, 1.82) is 0 Å². The van der Waals surface area contributed by atoms with Gasteiger partial charge in [-0.05, 0) is 24.6 Å². The number of carbonyl (C=O) groups is 1. The van der Waals surface area contributed by atoms with Crippen LogP contribution in [0.3, 0.4) is 0 Å². The Balaban J connectivity index is 1.32. The molecule has 0 fully saturated rings. The van der Waals surface area contributed by atoms with Gasteiger partial charge in [0.1, 0.15) is 5.75 Å². The molecule has 0 atom stereocenters. The number of hydrogen-bond acceptors (Lipinski definition) is 5. The number of thiazole rings is 1. The van der Waals surface area contributed by atoms with Crippen LogP contribution in [0.1, 0.15) is 12.8 Å². The van der Waals surface area contributed by atoms with Crippen LogP contribution in [0.5, 0.6) is 5.75 Å². The monoisotopic (exact) mass is 490 g/mol. The highest BCUT2D eigenvalue weighted by Crippen LogP contribution is 2.28. The number of fused-ring (bicyclic) bond motifs is 1. The summed E-state index contributed by atoms with van der Waals surface area (Å²) in [5.74, 6) is 0.741. The van der Waals surface area contributed by atoms with E-state index in [0.29, 0.717) is 36.2 Å². The van der Waals surface area contributed by atoms with Crippen LogP contribution in [0.4, 0.5) is 5.95 Å². The van der Waals surface area contributed by atoms with Crippen molar-refractivity contribution < 1.29 is 9.53 Å². The molecular formula is C20H16BrClN4O2S. The first-order chi connectivity index (χ1) is 14.1. The lowest BCUT2D eigenvalue weighted by atomic mass is 10.2. The van der Waals surface area contributed by atoms with Gasteiger partial charge in [0.15, 0.2) is 0 Å². The molecule has 0 aliphatic carbocycles. The van der Waals surface area contributed by atoms with Gasteiger partial charge in [0, 0.05) is 21.8 Å². The smallest absolute Gasteiger partial charge is 0.250 e. The third kappa shape index (κ3) is 4.77. The van der Waals surface area contributed by atoms with Crippen LogP contribution >= 0.6 is 38.9 Å². The Morgan fingerprint density at radius 2 is 2.07 bits per heavy atom. The molecule has 2 heterocycles. The zero-order valence-electron chi connectivity index (χ0n) is 15.1. The number of hydrogen-bond donors (Lipinski definition) is 1. The average Bonchev–Trinajstić information content (AvgIpc) is 3.27. The van der Waals surface area contributed by atoms with Gasteiger partial charge in [-0.1, -0.05) is 57.9 Å². The summed E-state index contributed by atoms with van der Waals surface area (Å²) < 4.78 is 8.26. The van der Waals surface area contributed by atoms with E-state index in [1.807, 2.05) is 41.8 Å². The molecule has 9 heteroatoms. The minimum atomic E-state index is -0.157. The van der Waals surface area contributed by atoms with Crippen LogP contribution in [0.25, 0.3) is 16.2 Å². The minimum absolute atomic E-state index is 0.157. The number of ether oxygens (including phenoxy) is 1. The minimum Gasteiger partial charge on any atom is -0.492 e. The van der Waals surface area contributed by atoms with Crippen molar-refractivity contribution in [2.45, 2.75) is 12.8 Å². The van der Waals surface area contributed by atoms with Crippen molar-refractivity contribution >= 4 is 55.7 Å². The van der Waals surface area contributed by atoms with E-state index < -0.39 is 0 Å². The summed E-state index contributed by atoms with van der Waals surface area (Å²) >= 11 is 10.9. The topological polar surface area (TPSA) is 68.5 Å². The number of aromatic nitrogens is 3. The van der Waals surface area contributed by atoms with Gasteiger partial charge >= 0.3 is 0 Å². The lowest BCUT2D eigenvalue weighted by Gasteiger charge is -2.08. The van der Waals surface area contributed by atoms with E-state index in [2.05, 4.69) is 31.3 Å². The van der Waals surface area contributed by atoms with E-state index in [-0.39, 0.29) is 5.91 Å². The Bertz CT molecular complexity index is 1150. The summed E-state index contributed by atoms with van der Waals surface area (Å²) in [7, 11) is 0. The average molecular weight is 492 g/mol. The number of halogens is 2. The van der Waals surface area contributed by atoms with Crippen molar-refractivity contribution in [3.8, 4) is 17.0 Å². The zero-order chi connectivity index (χ0) is 20.2. The number of anilines is 1. The maximum absolute atomic E-state index is 12.2. The fourth-order valence-electron chi connectivity index (χ4n) is 2.74. The molecule has 29 heavy (non-hydrogen) atoms. The molecule has 0 aliphatic heterocycles. The van der Waals surface area contributed by atoms with Crippen molar-refractivity contribution in [1.82, 2.24) is 14.6 Å². The lowest BCUT2D eigenvalue weighted by molar-refractivity contribution is -0.116. The molecule has 4 aromatic rings. The number of benzene rings is 2. The van der Waals surface area contributed by atoms with Crippen LogP contribution in [-0.2, 0) is 4.79 Å². The fourth-order valence-corrected chi connectivity index (χ4v) is 4.30. The van der Waals surface area contributed by atoms with Gasteiger partial charge in [0.25, 0.3) is 0 Å². The van der Waals surface area contributed by atoms with Crippen molar-refractivity contribution in [3.05, 3.63) is 63.4 Å². The predicted molar refractivity (Wildman–Crippen MR) is 119 cm³/mol. The molecule has 0 unspecified atom stereocenters. The first-order valence-electron chi connectivity index (χ1n) is 8.87. The highest BCUT2D eigenvalue weighted by molar-refractivity contribution is 9.10. The van der Waals surface area contributed by atoms with Crippen molar-refractivity contribution in [2.24, 2.45) is 0 Å². The Morgan fingerprint density at radius 3 is 2.86 bits per heavy atom. The van der Waals surface area contributed by atoms with E-state index in [0.717, 1.165) is 20.7 Å². The molecule has 4 rings (SSSR count). The molecule has 6 nitrogen and oxygen atoms in total. The Labute approximate surface area is 184 Å². The third-order valence-electron chi connectivity index (χ3n) is 4.10. The summed E-state index contributed by atoms with van der Waals surface area (Å²) in [5, 5.41) is 9.70. The lowest BCUT2D eigenvalue weighted by Crippen LogP contribution is -2.14. The SMILES string of the molecule is O=C(CCCOc1ccc(Br)cc1Cl)Nc1nc2scc(-c3ccccc3)n2n1. The molecule has 2 aromatic heterocycles. The Kier molecular flexibility index (Phi) is 6.13. The number of nitrogens with zero attached hydrogens (tertiary/aromatic N) is 3.